The number of hydrogen-bond acceptors (Lipinski definition) is 5. The van der Waals surface area contributed by atoms with Gasteiger partial charge in [-0.1, -0.05) is 18.2 Å². The molecular formula is C24H29N3O3. The molecule has 0 amide bonds. The number of aliphatic hydroxyl groups excluding tert-OH is 1. The van der Waals surface area contributed by atoms with Crippen LogP contribution in [0.4, 0.5) is 0 Å². The van der Waals surface area contributed by atoms with Crippen LogP contribution >= 0.6 is 0 Å². The van der Waals surface area contributed by atoms with Crippen LogP contribution in [-0.2, 0) is 13.1 Å². The van der Waals surface area contributed by atoms with E-state index >= 15 is 0 Å². The number of ether oxygens (including phenoxy) is 2. The molecule has 4 rings (SSSR count). The van der Waals surface area contributed by atoms with Crippen molar-refractivity contribution in [3.63, 3.8) is 0 Å². The van der Waals surface area contributed by atoms with E-state index in [4.69, 9.17) is 9.47 Å². The Kier molecular flexibility index (Phi) is 6.35. The van der Waals surface area contributed by atoms with E-state index in [0.717, 1.165) is 24.6 Å². The molecule has 0 radical (unpaired) electrons. The number of aryl methyl sites for hydroxylation is 2. The molecule has 6 heteroatoms. The Morgan fingerprint density at radius 3 is 2.57 bits per heavy atom. The Hall–Kier alpha value is -2.83. The first kappa shape index (κ1) is 20.4. The normalized spacial score (nSPS) is 19.2. The minimum absolute atomic E-state index is 0.210. The van der Waals surface area contributed by atoms with Crippen LogP contribution in [0.5, 0.6) is 11.5 Å². The number of likely N-dealkylation sites (tertiary alicyclic amines) is 1. The first-order chi connectivity index (χ1) is 14.6. The van der Waals surface area contributed by atoms with Gasteiger partial charge in [-0.25, -0.2) is 4.98 Å². The van der Waals surface area contributed by atoms with Crippen molar-refractivity contribution in [3.8, 4) is 11.5 Å². The quantitative estimate of drug-likeness (QED) is 0.621. The van der Waals surface area contributed by atoms with Crippen LogP contribution in [0.3, 0.4) is 0 Å². The van der Waals surface area contributed by atoms with Crippen molar-refractivity contribution >= 4 is 0 Å². The van der Waals surface area contributed by atoms with Crippen LogP contribution in [0.25, 0.3) is 0 Å². The number of benzene rings is 2. The fourth-order valence-corrected chi connectivity index (χ4v) is 3.68. The van der Waals surface area contributed by atoms with Crippen LogP contribution in [0, 0.1) is 13.8 Å². The maximum atomic E-state index is 10.4. The maximum absolute atomic E-state index is 10.4. The number of hydrogen-bond donors (Lipinski definition) is 1. The van der Waals surface area contributed by atoms with Crippen LogP contribution in [0.2, 0.25) is 0 Å². The molecule has 6 nitrogen and oxygen atoms in total. The van der Waals surface area contributed by atoms with E-state index < -0.39 is 6.10 Å². The smallest absolute Gasteiger partial charge is 0.138 e. The van der Waals surface area contributed by atoms with E-state index in [0.29, 0.717) is 19.7 Å². The predicted molar refractivity (Wildman–Crippen MR) is 116 cm³/mol. The Balaban J connectivity index is 1.26. The summed E-state index contributed by atoms with van der Waals surface area (Å²) in [6.07, 6.45) is 4.78. The predicted octanol–water partition coefficient (Wildman–Crippen LogP) is 3.20. The molecule has 2 atom stereocenters. The molecule has 158 valence electrons. The summed E-state index contributed by atoms with van der Waals surface area (Å²) in [5.41, 5.74) is 3.63. The second-order valence-electron chi connectivity index (χ2n) is 7.96. The lowest BCUT2D eigenvalue weighted by Gasteiger charge is -2.18. The lowest BCUT2D eigenvalue weighted by atomic mass is 10.1. The third kappa shape index (κ3) is 5.20. The third-order valence-corrected chi connectivity index (χ3v) is 5.59. The largest absolute Gasteiger partial charge is 0.492 e. The molecule has 3 aromatic rings. The highest BCUT2D eigenvalue weighted by Gasteiger charge is 2.33. The number of β-amino-alcohol motifs (C(OH)–C–C–N with tert-alkyl or cyclic N) is 1. The maximum Gasteiger partial charge on any atom is 0.138 e. The van der Waals surface area contributed by atoms with Gasteiger partial charge in [0.15, 0.2) is 0 Å². The topological polar surface area (TPSA) is 59.8 Å². The highest BCUT2D eigenvalue weighted by atomic mass is 16.5. The van der Waals surface area contributed by atoms with Crippen molar-refractivity contribution in [2.24, 2.45) is 0 Å². The van der Waals surface area contributed by atoms with Crippen molar-refractivity contribution in [2.75, 3.05) is 19.7 Å². The fraction of sp³-hybridized carbons (Fsp3) is 0.375. The molecule has 0 saturated carbocycles. The van der Waals surface area contributed by atoms with Gasteiger partial charge in [-0.3, -0.25) is 4.90 Å². The molecule has 30 heavy (non-hydrogen) atoms. The molecule has 1 saturated heterocycles. The zero-order valence-electron chi connectivity index (χ0n) is 17.6. The average molecular weight is 408 g/mol. The van der Waals surface area contributed by atoms with Crippen molar-refractivity contribution in [2.45, 2.75) is 39.1 Å². The van der Waals surface area contributed by atoms with Gasteiger partial charge in [0.1, 0.15) is 30.3 Å². The molecule has 0 spiro atoms. The Bertz CT molecular complexity index is 941. The van der Waals surface area contributed by atoms with Gasteiger partial charge in [-0.15, -0.1) is 0 Å². The Labute approximate surface area is 177 Å². The molecule has 2 aromatic carbocycles. The van der Waals surface area contributed by atoms with Crippen LogP contribution < -0.4 is 9.47 Å². The summed E-state index contributed by atoms with van der Waals surface area (Å²) in [5.74, 6) is 1.68. The molecule has 0 aliphatic carbocycles. The van der Waals surface area contributed by atoms with E-state index in [9.17, 15) is 5.11 Å². The highest BCUT2D eigenvalue weighted by molar-refractivity contribution is 5.34. The Morgan fingerprint density at radius 1 is 1.03 bits per heavy atom. The van der Waals surface area contributed by atoms with Crippen molar-refractivity contribution in [1.29, 1.82) is 0 Å². The summed E-state index contributed by atoms with van der Waals surface area (Å²) in [4.78, 5) is 6.25. The minimum atomic E-state index is -0.489. The first-order valence-electron chi connectivity index (χ1n) is 10.4. The summed E-state index contributed by atoms with van der Waals surface area (Å²) < 4.78 is 13.9. The number of aromatic nitrogens is 2. The fourth-order valence-electron chi connectivity index (χ4n) is 3.68. The van der Waals surface area contributed by atoms with E-state index in [1.807, 2.05) is 35.0 Å². The van der Waals surface area contributed by atoms with Gasteiger partial charge in [0, 0.05) is 32.0 Å². The average Bonchev–Trinajstić information content (AvgIpc) is 3.36. The van der Waals surface area contributed by atoms with Gasteiger partial charge in [0.2, 0.25) is 0 Å². The van der Waals surface area contributed by atoms with Crippen LogP contribution in [0.1, 0.15) is 16.7 Å². The van der Waals surface area contributed by atoms with Gasteiger partial charge in [-0.2, -0.15) is 0 Å². The van der Waals surface area contributed by atoms with Gasteiger partial charge in [0.25, 0.3) is 0 Å². The van der Waals surface area contributed by atoms with Gasteiger partial charge >= 0.3 is 0 Å². The number of rotatable bonds is 8. The molecule has 0 unspecified atom stereocenters. The zero-order valence-corrected chi connectivity index (χ0v) is 17.6. The zero-order chi connectivity index (χ0) is 20.9. The SMILES string of the molecule is Cc1ccc(O[C@H]2CN(Cc3ccc(OCCn4ccnc4)cc3)C[C@@H]2O)cc1C. The minimum Gasteiger partial charge on any atom is -0.492 e. The van der Waals surface area contributed by atoms with E-state index in [-0.39, 0.29) is 6.10 Å². The highest BCUT2D eigenvalue weighted by Crippen LogP contribution is 2.23. The molecule has 1 N–H and O–H groups in total. The van der Waals surface area contributed by atoms with Crippen molar-refractivity contribution < 1.29 is 14.6 Å². The van der Waals surface area contributed by atoms with E-state index in [2.05, 4.69) is 41.9 Å². The van der Waals surface area contributed by atoms with Crippen molar-refractivity contribution in [3.05, 3.63) is 77.9 Å². The molecule has 0 bridgehead atoms. The van der Waals surface area contributed by atoms with E-state index in [1.54, 1.807) is 12.5 Å². The molecule has 2 heterocycles. The molecule has 1 fully saturated rings. The van der Waals surface area contributed by atoms with Crippen LogP contribution in [-0.4, -0.2) is 51.5 Å². The lowest BCUT2D eigenvalue weighted by Crippen LogP contribution is -2.29. The third-order valence-electron chi connectivity index (χ3n) is 5.59. The van der Waals surface area contributed by atoms with Gasteiger partial charge in [0.05, 0.1) is 12.9 Å². The summed E-state index contributed by atoms with van der Waals surface area (Å²) in [5, 5.41) is 10.4. The van der Waals surface area contributed by atoms with Gasteiger partial charge in [-0.05, 0) is 54.8 Å². The van der Waals surface area contributed by atoms with Crippen molar-refractivity contribution in [1.82, 2.24) is 14.5 Å². The summed E-state index contributed by atoms with van der Waals surface area (Å²) in [6.45, 7) is 7.63. The summed E-state index contributed by atoms with van der Waals surface area (Å²) in [7, 11) is 0. The number of nitrogens with zero attached hydrogens (tertiary/aromatic N) is 3. The first-order valence-corrected chi connectivity index (χ1v) is 10.4. The monoisotopic (exact) mass is 407 g/mol. The molecule has 1 aliphatic heterocycles. The summed E-state index contributed by atoms with van der Waals surface area (Å²) >= 11 is 0. The van der Waals surface area contributed by atoms with Crippen LogP contribution in [0.15, 0.2) is 61.2 Å². The molecule has 1 aliphatic rings. The second-order valence-corrected chi connectivity index (χ2v) is 7.96. The van der Waals surface area contributed by atoms with E-state index in [1.165, 1.54) is 16.7 Å². The molecule has 1 aromatic heterocycles. The van der Waals surface area contributed by atoms with Gasteiger partial charge < -0.3 is 19.1 Å². The second kappa shape index (κ2) is 9.32. The Morgan fingerprint density at radius 2 is 1.83 bits per heavy atom. The lowest BCUT2D eigenvalue weighted by molar-refractivity contribution is 0.0736. The molecular weight excluding hydrogens is 378 g/mol. The summed E-state index contributed by atoms with van der Waals surface area (Å²) in [6, 6.07) is 14.2. The number of imidazole rings is 1. The number of aliphatic hydroxyl groups is 1. The standard InChI is InChI=1S/C24H29N3O3/c1-18-3-6-22(13-19(18)2)30-24-16-27(15-23(24)28)14-20-4-7-21(8-5-20)29-12-11-26-10-9-25-17-26/h3-10,13,17,23-24,28H,11-12,14-16H2,1-2H3/t23-,24-/m0/s1.